The van der Waals surface area contributed by atoms with Crippen molar-refractivity contribution in [1.29, 1.82) is 0 Å². The molecular weight excluding hydrogens is 125 g/mol. The topological polar surface area (TPSA) is 17.1 Å². The summed E-state index contributed by atoms with van der Waals surface area (Å²) in [5.74, 6) is 2.18. The fraction of sp³-hybridized carbons (Fsp3) is 0. The van der Waals surface area contributed by atoms with Crippen molar-refractivity contribution in [3.8, 4) is 10.7 Å². The molecule has 0 aromatic carbocycles. The molecular formula is C3HGeO. The molecule has 23 valence electrons. The Kier molecular flexibility index (Phi) is 3.60. The predicted molar refractivity (Wildman–Crippen MR) is 19.6 cm³/mol. The van der Waals surface area contributed by atoms with Crippen LogP contribution in [-0.4, -0.2) is 22.8 Å². The molecule has 0 saturated carbocycles. The van der Waals surface area contributed by atoms with Gasteiger partial charge in [0.2, 0.25) is 0 Å². The third-order valence-electron chi connectivity index (χ3n) is 0.131. The van der Waals surface area contributed by atoms with Gasteiger partial charge in [-0.15, -0.1) is 0 Å². The first-order chi connectivity index (χ1) is 2.41. The summed E-state index contributed by atoms with van der Waals surface area (Å²) >= 11 is 1.62. The number of hydrogen-bond donors (Lipinski definition) is 0. The van der Waals surface area contributed by atoms with Crippen molar-refractivity contribution in [3.05, 3.63) is 0 Å². The van der Waals surface area contributed by atoms with Gasteiger partial charge in [-0.05, 0) is 0 Å². The van der Waals surface area contributed by atoms with Crippen LogP contribution in [0.5, 0.6) is 0 Å². The van der Waals surface area contributed by atoms with Gasteiger partial charge in [0.05, 0.1) is 0 Å². The summed E-state index contributed by atoms with van der Waals surface area (Å²) < 4.78 is 2.40. The second-order valence-corrected chi connectivity index (χ2v) is 0.912. The van der Waals surface area contributed by atoms with Gasteiger partial charge in [0.1, 0.15) is 0 Å². The molecule has 0 spiro atoms. The molecule has 0 aliphatic heterocycles. The predicted octanol–water partition coefficient (Wildman–Crippen LogP) is -0.685. The molecule has 2 heteroatoms. The summed E-state index contributed by atoms with van der Waals surface area (Å²) in [5, 5.41) is 0. The Morgan fingerprint density at radius 2 is 2.40 bits per heavy atom. The van der Waals surface area contributed by atoms with E-state index in [-0.39, 0.29) is 0 Å². The molecule has 0 N–H and O–H groups in total. The number of aldehydes is 1. The zero-order valence-corrected chi connectivity index (χ0v) is 4.58. The number of hydrogen-bond acceptors (Lipinski definition) is 1. The SMILES string of the molecule is O=CC#[C][Ge]. The Hall–Kier alpha value is -0.227. The molecule has 0 amide bonds. The van der Waals surface area contributed by atoms with Crippen LogP contribution in [-0.2, 0) is 4.79 Å². The molecule has 5 heavy (non-hydrogen) atoms. The van der Waals surface area contributed by atoms with E-state index >= 15 is 0 Å². The first-order valence-electron chi connectivity index (χ1n) is 1.02. The average molecular weight is 126 g/mol. The Balaban J connectivity index is 3.16. The van der Waals surface area contributed by atoms with Gasteiger partial charge in [0, 0.05) is 0 Å². The fourth-order valence-electron chi connectivity index (χ4n) is 0.0295. The summed E-state index contributed by atoms with van der Waals surface area (Å²) in [6, 6.07) is 0. The molecule has 0 saturated heterocycles. The molecule has 0 heterocycles. The van der Waals surface area contributed by atoms with E-state index in [0.29, 0.717) is 6.29 Å². The van der Waals surface area contributed by atoms with Crippen LogP contribution in [0, 0.1) is 10.7 Å². The minimum absolute atomic E-state index is 0.569. The fourth-order valence-corrected chi connectivity index (χ4v) is 0.153. The molecule has 0 bridgehead atoms. The summed E-state index contributed by atoms with van der Waals surface area (Å²) in [6.07, 6.45) is 0.569. The van der Waals surface area contributed by atoms with Crippen LogP contribution in [0.3, 0.4) is 0 Å². The van der Waals surface area contributed by atoms with Crippen molar-refractivity contribution in [3.63, 3.8) is 0 Å². The zero-order chi connectivity index (χ0) is 4.12. The summed E-state index contributed by atoms with van der Waals surface area (Å²) in [4.78, 5) is 9.23. The molecule has 0 atom stereocenters. The van der Waals surface area contributed by atoms with Gasteiger partial charge in [-0.1, -0.05) is 0 Å². The Labute approximate surface area is 39.0 Å². The second-order valence-electron chi connectivity index (χ2n) is 0.387. The molecule has 0 aromatic heterocycles. The van der Waals surface area contributed by atoms with Crippen LogP contribution in [0.2, 0.25) is 0 Å². The van der Waals surface area contributed by atoms with E-state index in [9.17, 15) is 4.79 Å². The van der Waals surface area contributed by atoms with Gasteiger partial charge in [-0.2, -0.15) is 0 Å². The molecule has 0 aromatic rings. The number of carbonyl (C=O) groups excluding carboxylic acids is 1. The van der Waals surface area contributed by atoms with Crippen LogP contribution >= 0.6 is 0 Å². The van der Waals surface area contributed by atoms with Crippen molar-refractivity contribution in [1.82, 2.24) is 0 Å². The summed E-state index contributed by atoms with van der Waals surface area (Å²) in [6.45, 7) is 0. The van der Waals surface area contributed by atoms with E-state index in [1.165, 1.54) is 0 Å². The van der Waals surface area contributed by atoms with Crippen molar-refractivity contribution >= 4 is 22.8 Å². The zero-order valence-electron chi connectivity index (χ0n) is 2.49. The quantitative estimate of drug-likeness (QED) is 0.238. The number of carbonyl (C=O) groups is 1. The van der Waals surface area contributed by atoms with Gasteiger partial charge in [-0.25, -0.2) is 0 Å². The van der Waals surface area contributed by atoms with Gasteiger partial charge in [0.25, 0.3) is 0 Å². The van der Waals surface area contributed by atoms with Crippen molar-refractivity contribution < 1.29 is 4.79 Å². The first kappa shape index (κ1) is 4.77. The normalized spacial score (nSPS) is 4.20. The van der Waals surface area contributed by atoms with Crippen molar-refractivity contribution in [2.45, 2.75) is 0 Å². The van der Waals surface area contributed by atoms with Crippen molar-refractivity contribution in [2.75, 3.05) is 0 Å². The van der Waals surface area contributed by atoms with Crippen molar-refractivity contribution in [2.24, 2.45) is 0 Å². The third kappa shape index (κ3) is 3.77. The van der Waals surface area contributed by atoms with Crippen LogP contribution in [0.4, 0.5) is 0 Å². The monoisotopic (exact) mass is 127 g/mol. The molecule has 0 unspecified atom stereocenters. The Morgan fingerprint density at radius 3 is 2.40 bits per heavy atom. The summed E-state index contributed by atoms with van der Waals surface area (Å²) in [5.41, 5.74) is 0. The van der Waals surface area contributed by atoms with Gasteiger partial charge in [-0.3, -0.25) is 0 Å². The molecule has 0 rings (SSSR count). The van der Waals surface area contributed by atoms with E-state index in [4.69, 9.17) is 0 Å². The van der Waals surface area contributed by atoms with Gasteiger partial charge in [0.15, 0.2) is 0 Å². The van der Waals surface area contributed by atoms with E-state index in [1.807, 2.05) is 0 Å². The van der Waals surface area contributed by atoms with Crippen LogP contribution in [0.15, 0.2) is 0 Å². The Bertz CT molecular complexity index is 76.6. The maximum atomic E-state index is 9.23. The first-order valence-corrected chi connectivity index (χ1v) is 2.07. The molecule has 0 aliphatic rings. The van der Waals surface area contributed by atoms with Gasteiger partial charge >= 0.3 is 38.3 Å². The second kappa shape index (κ2) is 3.77. The molecule has 3 radical (unpaired) electrons. The van der Waals surface area contributed by atoms with Gasteiger partial charge < -0.3 is 0 Å². The average Bonchev–Trinajstić information content (AvgIpc) is 1.41. The van der Waals surface area contributed by atoms with Crippen LogP contribution in [0.1, 0.15) is 0 Å². The van der Waals surface area contributed by atoms with Crippen LogP contribution < -0.4 is 0 Å². The summed E-state index contributed by atoms with van der Waals surface area (Å²) in [7, 11) is 0. The number of rotatable bonds is 0. The van der Waals surface area contributed by atoms with E-state index in [0.717, 1.165) is 0 Å². The van der Waals surface area contributed by atoms with E-state index in [2.05, 4.69) is 10.7 Å². The van der Waals surface area contributed by atoms with E-state index in [1.54, 1.807) is 16.5 Å². The Morgan fingerprint density at radius 1 is 1.80 bits per heavy atom. The van der Waals surface area contributed by atoms with E-state index < -0.39 is 0 Å². The third-order valence-corrected chi connectivity index (χ3v) is 0.434. The standard InChI is InChI=1S/C3HGeO/c4-2-1-3-5/h3H. The van der Waals surface area contributed by atoms with Crippen LogP contribution in [0.25, 0.3) is 0 Å². The molecule has 0 fully saturated rings. The minimum atomic E-state index is 0.569. The molecule has 0 aliphatic carbocycles. The maximum absolute atomic E-state index is 9.23. The molecule has 1 nitrogen and oxygen atoms in total.